The van der Waals surface area contributed by atoms with Gasteiger partial charge in [0, 0.05) is 17.5 Å². The van der Waals surface area contributed by atoms with Gasteiger partial charge in [0.2, 0.25) is 0 Å². The van der Waals surface area contributed by atoms with Gasteiger partial charge in [0.15, 0.2) is 5.43 Å². The number of rotatable bonds is 3. The molecule has 1 aromatic carbocycles. The monoisotopic (exact) mass is 275 g/mol. The second kappa shape index (κ2) is 4.44. The number of hydrogen-bond donors (Lipinski definition) is 1. The summed E-state index contributed by atoms with van der Waals surface area (Å²) in [7, 11) is 0. The van der Waals surface area contributed by atoms with Crippen molar-refractivity contribution in [3.63, 3.8) is 0 Å². The van der Waals surface area contributed by atoms with Crippen LogP contribution < -0.4 is 5.43 Å². The maximum absolute atomic E-state index is 13.5. The lowest BCUT2D eigenvalue weighted by atomic mass is 10.1. The van der Waals surface area contributed by atoms with Crippen LogP contribution in [0.5, 0.6) is 0 Å². The Hall–Kier alpha value is -2.17. The summed E-state index contributed by atoms with van der Waals surface area (Å²) < 4.78 is 15.1. The van der Waals surface area contributed by atoms with Gasteiger partial charge >= 0.3 is 5.97 Å². The number of halogens is 1. The minimum Gasteiger partial charge on any atom is -0.477 e. The highest BCUT2D eigenvalue weighted by atomic mass is 19.1. The second-order valence-corrected chi connectivity index (χ2v) is 5.32. The fourth-order valence-electron chi connectivity index (χ4n) is 2.58. The molecule has 0 aliphatic heterocycles. The quantitative estimate of drug-likeness (QED) is 0.936. The van der Waals surface area contributed by atoms with Gasteiger partial charge in [-0.3, -0.25) is 4.79 Å². The molecular formula is C15H14FNO3. The van der Waals surface area contributed by atoms with E-state index in [0.29, 0.717) is 23.4 Å². The Balaban J connectivity index is 2.41. The first-order chi connectivity index (χ1) is 9.49. The van der Waals surface area contributed by atoms with Crippen LogP contribution in [0.25, 0.3) is 10.9 Å². The molecule has 104 valence electrons. The zero-order chi connectivity index (χ0) is 14.4. The van der Waals surface area contributed by atoms with Crippen LogP contribution in [0.4, 0.5) is 4.39 Å². The van der Waals surface area contributed by atoms with Crippen molar-refractivity contribution in [2.24, 2.45) is 5.92 Å². The Morgan fingerprint density at radius 2 is 2.15 bits per heavy atom. The number of carboxylic acids is 1. The van der Waals surface area contributed by atoms with Crippen LogP contribution in [0.15, 0.2) is 23.0 Å². The molecule has 0 radical (unpaired) electrons. The molecule has 0 saturated heterocycles. The van der Waals surface area contributed by atoms with Gasteiger partial charge in [-0.2, -0.15) is 0 Å². The Kier molecular flexibility index (Phi) is 2.85. The van der Waals surface area contributed by atoms with Crippen LogP contribution in [-0.2, 0) is 6.54 Å². The smallest absolute Gasteiger partial charge is 0.352 e. The van der Waals surface area contributed by atoms with Crippen LogP contribution in [0.3, 0.4) is 0 Å². The lowest BCUT2D eigenvalue weighted by Crippen LogP contribution is -2.23. The second-order valence-electron chi connectivity index (χ2n) is 5.32. The Morgan fingerprint density at radius 1 is 1.45 bits per heavy atom. The van der Waals surface area contributed by atoms with Crippen molar-refractivity contribution in [3.8, 4) is 0 Å². The molecule has 1 aliphatic carbocycles. The average molecular weight is 275 g/mol. The van der Waals surface area contributed by atoms with E-state index < -0.39 is 11.8 Å². The number of pyridine rings is 1. The summed E-state index contributed by atoms with van der Waals surface area (Å²) in [6, 6.07) is 3.89. The molecule has 2 aromatic rings. The van der Waals surface area contributed by atoms with E-state index in [1.165, 1.54) is 25.1 Å². The van der Waals surface area contributed by atoms with Crippen molar-refractivity contribution in [3.05, 3.63) is 45.5 Å². The van der Waals surface area contributed by atoms with E-state index in [0.717, 1.165) is 12.8 Å². The zero-order valence-electron chi connectivity index (χ0n) is 11.0. The van der Waals surface area contributed by atoms with Crippen molar-refractivity contribution < 1.29 is 14.3 Å². The number of carboxylic acid groups (broad SMARTS) is 1. The van der Waals surface area contributed by atoms with E-state index in [2.05, 4.69) is 0 Å². The van der Waals surface area contributed by atoms with Gasteiger partial charge in [0.25, 0.3) is 0 Å². The largest absolute Gasteiger partial charge is 0.477 e. The van der Waals surface area contributed by atoms with Crippen molar-refractivity contribution >= 4 is 16.9 Å². The van der Waals surface area contributed by atoms with Crippen LogP contribution >= 0.6 is 0 Å². The lowest BCUT2D eigenvalue weighted by Gasteiger charge is -2.16. The maximum Gasteiger partial charge on any atom is 0.352 e. The van der Waals surface area contributed by atoms with Crippen molar-refractivity contribution in [2.45, 2.75) is 26.3 Å². The maximum atomic E-state index is 13.5. The molecule has 20 heavy (non-hydrogen) atoms. The number of benzene rings is 1. The van der Waals surface area contributed by atoms with Gasteiger partial charge in [-0.25, -0.2) is 9.18 Å². The highest BCUT2D eigenvalue weighted by molar-refractivity contribution is 5.92. The molecule has 1 N–H and O–H groups in total. The highest BCUT2D eigenvalue weighted by Gasteiger charge is 2.26. The topological polar surface area (TPSA) is 59.3 Å². The number of fused-ring (bicyclic) bond motifs is 1. The van der Waals surface area contributed by atoms with E-state index in [1.807, 2.05) is 0 Å². The predicted molar refractivity (Wildman–Crippen MR) is 72.6 cm³/mol. The molecule has 1 fully saturated rings. The van der Waals surface area contributed by atoms with Gasteiger partial charge in [-0.1, -0.05) is 0 Å². The van der Waals surface area contributed by atoms with Crippen LogP contribution in [0, 0.1) is 18.7 Å². The number of carbonyl (C=O) groups is 1. The number of nitrogens with zero attached hydrogens (tertiary/aromatic N) is 1. The molecule has 1 aliphatic rings. The summed E-state index contributed by atoms with van der Waals surface area (Å²) in [6.45, 7) is 2.03. The van der Waals surface area contributed by atoms with E-state index in [9.17, 15) is 19.1 Å². The molecule has 0 unspecified atom stereocenters. The first-order valence-electron chi connectivity index (χ1n) is 6.55. The normalized spacial score (nSPS) is 14.7. The minimum atomic E-state index is -1.15. The average Bonchev–Trinajstić information content (AvgIpc) is 3.19. The van der Waals surface area contributed by atoms with Crippen molar-refractivity contribution in [1.29, 1.82) is 0 Å². The molecule has 5 heteroatoms. The van der Waals surface area contributed by atoms with E-state index in [1.54, 1.807) is 4.57 Å². The Bertz CT molecular complexity index is 775. The molecule has 0 bridgehead atoms. The summed E-state index contributed by atoms with van der Waals surface area (Å²) in [4.78, 5) is 23.7. The molecular weight excluding hydrogens is 261 g/mol. The van der Waals surface area contributed by atoms with Crippen molar-refractivity contribution in [2.75, 3.05) is 0 Å². The summed E-state index contributed by atoms with van der Waals surface area (Å²) >= 11 is 0. The zero-order valence-corrected chi connectivity index (χ0v) is 11.0. The molecule has 0 amide bonds. The summed E-state index contributed by atoms with van der Waals surface area (Å²) in [5, 5.41) is 9.75. The van der Waals surface area contributed by atoms with Crippen LogP contribution in [0.2, 0.25) is 0 Å². The molecule has 0 spiro atoms. The third kappa shape index (κ3) is 1.99. The predicted octanol–water partition coefficient (Wildman–Crippen LogP) is 2.56. The molecule has 1 saturated carbocycles. The minimum absolute atomic E-state index is 0.0278. The van der Waals surface area contributed by atoms with E-state index in [4.69, 9.17) is 0 Å². The lowest BCUT2D eigenvalue weighted by molar-refractivity contribution is 0.0683. The van der Waals surface area contributed by atoms with E-state index >= 15 is 0 Å². The standard InChI is InChI=1S/C15H14FNO3/c1-8-13(15(19)20)17(7-9-2-3-9)12-6-10(16)4-5-11(12)14(8)18/h4-6,9H,2-3,7H2,1H3,(H,19,20). The number of aromatic carboxylic acids is 1. The van der Waals surface area contributed by atoms with Gasteiger partial charge in [0.05, 0.1) is 5.52 Å². The first-order valence-corrected chi connectivity index (χ1v) is 6.55. The van der Waals surface area contributed by atoms with Gasteiger partial charge in [0.1, 0.15) is 11.5 Å². The molecule has 4 nitrogen and oxygen atoms in total. The van der Waals surface area contributed by atoms with Gasteiger partial charge < -0.3 is 9.67 Å². The fraction of sp³-hybridized carbons (Fsp3) is 0.333. The molecule has 0 atom stereocenters. The first kappa shape index (κ1) is 12.8. The SMILES string of the molecule is Cc1c(C(=O)O)n(CC2CC2)c2cc(F)ccc2c1=O. The molecule has 1 aromatic heterocycles. The third-order valence-corrected chi connectivity index (χ3v) is 3.80. The Morgan fingerprint density at radius 3 is 2.75 bits per heavy atom. The summed E-state index contributed by atoms with van der Waals surface area (Å²) in [5.41, 5.74) is 0.201. The van der Waals surface area contributed by atoms with Crippen molar-refractivity contribution in [1.82, 2.24) is 4.57 Å². The summed E-state index contributed by atoms with van der Waals surface area (Å²) in [6.07, 6.45) is 2.09. The van der Waals surface area contributed by atoms with Crippen LogP contribution in [-0.4, -0.2) is 15.6 Å². The number of aromatic nitrogens is 1. The van der Waals surface area contributed by atoms with Crippen LogP contribution in [0.1, 0.15) is 28.9 Å². The highest BCUT2D eigenvalue weighted by Crippen LogP contribution is 2.32. The van der Waals surface area contributed by atoms with Gasteiger partial charge in [-0.05, 0) is 43.9 Å². The molecule has 3 rings (SSSR count). The van der Waals surface area contributed by atoms with E-state index in [-0.39, 0.29) is 16.7 Å². The Labute approximate surface area is 114 Å². The third-order valence-electron chi connectivity index (χ3n) is 3.80. The summed E-state index contributed by atoms with van der Waals surface area (Å²) in [5.74, 6) is -1.20. The molecule has 1 heterocycles. The fourth-order valence-corrected chi connectivity index (χ4v) is 2.58. The van der Waals surface area contributed by atoms with Gasteiger partial charge in [-0.15, -0.1) is 0 Å². The number of hydrogen-bond acceptors (Lipinski definition) is 2.